The molecular formula is C12H13N3OS. The molecule has 2 N–H and O–H groups in total. The molecule has 17 heavy (non-hydrogen) atoms. The second-order valence-corrected chi connectivity index (χ2v) is 4.47. The Hall–Kier alpha value is -1.75. The Morgan fingerprint density at radius 2 is 2.41 bits per heavy atom. The van der Waals surface area contributed by atoms with Gasteiger partial charge in [-0.2, -0.15) is 0 Å². The fourth-order valence-electron chi connectivity index (χ4n) is 1.62. The third-order valence-electron chi connectivity index (χ3n) is 2.54. The van der Waals surface area contributed by atoms with Gasteiger partial charge in [0, 0.05) is 17.5 Å². The van der Waals surface area contributed by atoms with Crippen LogP contribution in [0, 0.1) is 5.41 Å². The number of hydrogen-bond acceptors (Lipinski definition) is 4. The Morgan fingerprint density at radius 1 is 1.53 bits per heavy atom. The van der Waals surface area contributed by atoms with Crippen LogP contribution in [0.5, 0.6) is 0 Å². The number of nitrogens with zero attached hydrogens (tertiary/aromatic N) is 1. The van der Waals surface area contributed by atoms with Gasteiger partial charge in [-0.3, -0.25) is 4.79 Å². The van der Waals surface area contributed by atoms with E-state index >= 15 is 0 Å². The van der Waals surface area contributed by atoms with Crippen LogP contribution in [0.3, 0.4) is 0 Å². The highest BCUT2D eigenvalue weighted by molar-refractivity contribution is 7.07. The summed E-state index contributed by atoms with van der Waals surface area (Å²) in [6, 6.07) is 0. The van der Waals surface area contributed by atoms with Gasteiger partial charge in [0.15, 0.2) is 0 Å². The highest BCUT2D eigenvalue weighted by atomic mass is 32.1. The largest absolute Gasteiger partial charge is 0.324 e. The van der Waals surface area contributed by atoms with E-state index in [2.05, 4.69) is 10.3 Å². The number of rotatable bonds is 4. The van der Waals surface area contributed by atoms with E-state index in [1.165, 1.54) is 23.1 Å². The number of carbonyl (C=O) groups excluding carboxylic acids is 1. The van der Waals surface area contributed by atoms with Gasteiger partial charge in [-0.1, -0.05) is 11.6 Å². The maximum Gasteiger partial charge on any atom is 0.274 e. The highest BCUT2D eigenvalue weighted by Crippen LogP contribution is 2.18. The lowest BCUT2D eigenvalue weighted by Crippen LogP contribution is -2.23. The van der Waals surface area contributed by atoms with E-state index in [0.717, 1.165) is 18.5 Å². The zero-order valence-electron chi connectivity index (χ0n) is 9.27. The lowest BCUT2D eigenvalue weighted by atomic mass is 10.0. The van der Waals surface area contributed by atoms with Crippen LogP contribution in [-0.2, 0) is 0 Å². The Morgan fingerprint density at radius 3 is 3.00 bits per heavy atom. The molecule has 1 aromatic heterocycles. The van der Waals surface area contributed by atoms with Crippen molar-refractivity contribution in [2.45, 2.75) is 19.3 Å². The van der Waals surface area contributed by atoms with Gasteiger partial charge in [-0.25, -0.2) is 4.98 Å². The summed E-state index contributed by atoms with van der Waals surface area (Å²) in [6.45, 7) is 0. The van der Waals surface area contributed by atoms with Crippen LogP contribution in [0.1, 0.15) is 29.8 Å². The number of hydrogen-bond donors (Lipinski definition) is 2. The van der Waals surface area contributed by atoms with Gasteiger partial charge in [0.05, 0.1) is 5.51 Å². The lowest BCUT2D eigenvalue weighted by molar-refractivity contribution is 0.0960. The third-order valence-corrected chi connectivity index (χ3v) is 3.13. The predicted molar refractivity (Wildman–Crippen MR) is 68.4 cm³/mol. The lowest BCUT2D eigenvalue weighted by Gasteiger charge is -2.13. The zero-order valence-corrected chi connectivity index (χ0v) is 10.1. The average molecular weight is 247 g/mol. The highest BCUT2D eigenvalue weighted by Gasteiger charge is 2.11. The van der Waals surface area contributed by atoms with Gasteiger partial charge < -0.3 is 10.7 Å². The van der Waals surface area contributed by atoms with Crippen molar-refractivity contribution in [1.82, 2.24) is 10.3 Å². The summed E-state index contributed by atoms with van der Waals surface area (Å²) in [7, 11) is 0. The summed E-state index contributed by atoms with van der Waals surface area (Å²) in [5.41, 5.74) is 4.25. The van der Waals surface area contributed by atoms with Crippen LogP contribution in [0.25, 0.3) is 0 Å². The minimum absolute atomic E-state index is 0.151. The first-order valence-electron chi connectivity index (χ1n) is 5.36. The number of carbonyl (C=O) groups is 1. The van der Waals surface area contributed by atoms with Gasteiger partial charge >= 0.3 is 0 Å². The minimum atomic E-state index is -0.151. The molecule has 0 unspecified atom stereocenters. The number of nitrogens with one attached hydrogen (secondary N) is 2. The van der Waals surface area contributed by atoms with Gasteiger partial charge in [0.25, 0.3) is 5.91 Å². The number of thiazole rings is 1. The monoisotopic (exact) mass is 247 g/mol. The summed E-state index contributed by atoms with van der Waals surface area (Å²) in [6.07, 6.45) is 7.70. The van der Waals surface area contributed by atoms with Crippen molar-refractivity contribution >= 4 is 23.5 Å². The molecule has 88 valence electrons. The number of allylic oxidation sites excluding steroid dienone is 4. The van der Waals surface area contributed by atoms with E-state index in [4.69, 9.17) is 5.41 Å². The second-order valence-electron chi connectivity index (χ2n) is 3.75. The molecule has 0 radical (unpaired) electrons. The Kier molecular flexibility index (Phi) is 3.82. The molecule has 1 heterocycles. The van der Waals surface area contributed by atoms with Crippen LogP contribution < -0.4 is 5.32 Å². The second kappa shape index (κ2) is 5.54. The van der Waals surface area contributed by atoms with Crippen LogP contribution >= 0.6 is 11.3 Å². The molecule has 0 aromatic carbocycles. The maximum absolute atomic E-state index is 11.7. The molecular weight excluding hydrogens is 234 g/mol. The van der Waals surface area contributed by atoms with Crippen LogP contribution in [0.15, 0.2) is 34.3 Å². The molecule has 2 rings (SSSR count). The summed E-state index contributed by atoms with van der Waals surface area (Å²) < 4.78 is 0. The van der Waals surface area contributed by atoms with Crippen molar-refractivity contribution < 1.29 is 4.79 Å². The Bertz CT molecular complexity index is 474. The first-order chi connectivity index (χ1) is 8.29. The maximum atomic E-state index is 11.7. The summed E-state index contributed by atoms with van der Waals surface area (Å²) >= 11 is 1.41. The Balaban J connectivity index is 1.97. The normalized spacial score (nSPS) is 14.8. The van der Waals surface area contributed by atoms with Crippen molar-refractivity contribution in [2.24, 2.45) is 0 Å². The zero-order chi connectivity index (χ0) is 12.1. The molecule has 0 aliphatic heterocycles. The van der Waals surface area contributed by atoms with E-state index < -0.39 is 0 Å². The molecule has 0 fully saturated rings. The summed E-state index contributed by atoms with van der Waals surface area (Å²) in [4.78, 5) is 15.7. The fourth-order valence-corrected chi connectivity index (χ4v) is 2.15. The molecule has 1 aromatic rings. The minimum Gasteiger partial charge on any atom is -0.324 e. The molecule has 1 aliphatic carbocycles. The summed E-state index contributed by atoms with van der Waals surface area (Å²) in [5, 5.41) is 11.6. The molecule has 5 heteroatoms. The fraction of sp³-hybridized carbons (Fsp3) is 0.250. The van der Waals surface area contributed by atoms with Crippen LogP contribution in [0.2, 0.25) is 0 Å². The third kappa shape index (κ3) is 3.10. The van der Waals surface area contributed by atoms with E-state index in [9.17, 15) is 4.79 Å². The quantitative estimate of drug-likeness (QED) is 0.803. The molecule has 0 saturated carbocycles. The molecule has 0 bridgehead atoms. The van der Waals surface area contributed by atoms with E-state index in [1.807, 2.05) is 12.2 Å². The average Bonchev–Trinajstić information content (AvgIpc) is 2.86. The molecule has 0 atom stereocenters. The standard InChI is InChI=1S/C12H13N3OS/c13-6-5-9-1-3-10(4-2-9)15-12(16)11-7-17-8-14-11/h1,3,6-8,13H,2,4-5H2,(H,15,16). The van der Waals surface area contributed by atoms with Gasteiger partial charge in [-0.15, -0.1) is 11.3 Å². The smallest absolute Gasteiger partial charge is 0.274 e. The summed E-state index contributed by atoms with van der Waals surface area (Å²) in [5.74, 6) is -0.151. The molecule has 1 amide bonds. The van der Waals surface area contributed by atoms with Crippen molar-refractivity contribution in [2.75, 3.05) is 0 Å². The SMILES string of the molecule is N=CCC1=CC=C(NC(=O)c2cscn2)CC1. The topological polar surface area (TPSA) is 65.8 Å². The Labute approximate surface area is 104 Å². The number of aromatic nitrogens is 1. The van der Waals surface area contributed by atoms with Crippen molar-refractivity contribution in [3.05, 3.63) is 40.0 Å². The van der Waals surface area contributed by atoms with Crippen molar-refractivity contribution in [3.8, 4) is 0 Å². The predicted octanol–water partition coefficient (Wildman–Crippen LogP) is 2.52. The number of amides is 1. The molecule has 1 aliphatic rings. The van der Waals surface area contributed by atoms with E-state index in [0.29, 0.717) is 12.1 Å². The van der Waals surface area contributed by atoms with E-state index in [-0.39, 0.29) is 5.91 Å². The van der Waals surface area contributed by atoms with Gasteiger partial charge in [0.1, 0.15) is 5.69 Å². The first kappa shape index (κ1) is 11.7. The van der Waals surface area contributed by atoms with E-state index in [1.54, 1.807) is 10.9 Å². The molecule has 0 saturated heterocycles. The van der Waals surface area contributed by atoms with Crippen LogP contribution in [-0.4, -0.2) is 17.1 Å². The van der Waals surface area contributed by atoms with Gasteiger partial charge in [-0.05, 0) is 25.1 Å². The van der Waals surface area contributed by atoms with Crippen LogP contribution in [0.4, 0.5) is 0 Å². The first-order valence-corrected chi connectivity index (χ1v) is 6.31. The van der Waals surface area contributed by atoms with Crippen molar-refractivity contribution in [1.29, 1.82) is 5.41 Å². The van der Waals surface area contributed by atoms with Crippen molar-refractivity contribution in [3.63, 3.8) is 0 Å². The molecule has 4 nitrogen and oxygen atoms in total. The van der Waals surface area contributed by atoms with Gasteiger partial charge in [0.2, 0.25) is 0 Å². The molecule has 0 spiro atoms.